The van der Waals surface area contributed by atoms with E-state index in [1.807, 2.05) is 6.07 Å². The third-order valence-electron chi connectivity index (χ3n) is 4.94. The lowest BCUT2D eigenvalue weighted by molar-refractivity contribution is -0.122. The van der Waals surface area contributed by atoms with Gasteiger partial charge in [0.2, 0.25) is 5.91 Å². The summed E-state index contributed by atoms with van der Waals surface area (Å²) in [6.45, 7) is 0.683. The highest BCUT2D eigenvalue weighted by Gasteiger charge is 2.24. The summed E-state index contributed by atoms with van der Waals surface area (Å²) in [5, 5.41) is 4.38. The number of unbranched alkanes of at least 4 members (excludes halogenated alkanes) is 1. The van der Waals surface area contributed by atoms with Gasteiger partial charge in [-0.2, -0.15) is 0 Å². The van der Waals surface area contributed by atoms with Crippen LogP contribution in [-0.4, -0.2) is 23.5 Å². The largest absolute Gasteiger partial charge is 0.353 e. The second-order valence-corrected chi connectivity index (χ2v) is 7.85. The number of hydrogen-bond acceptors (Lipinski definition) is 4. The molecule has 2 unspecified atom stereocenters. The van der Waals surface area contributed by atoms with Crippen LogP contribution in [0.5, 0.6) is 0 Å². The number of carbonyl (C=O) groups is 1. The highest BCUT2D eigenvalue weighted by molar-refractivity contribution is 7.18. The monoisotopic (exact) mass is 417 g/mol. The van der Waals surface area contributed by atoms with Gasteiger partial charge in [0.05, 0.1) is 15.2 Å². The number of benzene rings is 1. The molecule has 2 atom stereocenters. The first-order valence-electron chi connectivity index (χ1n) is 9.10. The molecule has 0 spiro atoms. The van der Waals surface area contributed by atoms with E-state index in [0.29, 0.717) is 24.9 Å². The number of carbonyl (C=O) groups excluding carboxylic acids is 1. The van der Waals surface area contributed by atoms with Crippen molar-refractivity contribution in [3.05, 3.63) is 29.3 Å². The lowest BCUT2D eigenvalue weighted by Crippen LogP contribution is -2.44. The Morgan fingerprint density at radius 2 is 1.96 bits per heavy atom. The topological polar surface area (TPSA) is 68.0 Å². The first kappa shape index (κ1) is 23.2. The minimum absolute atomic E-state index is 0. The molecule has 0 saturated heterocycles. The van der Waals surface area contributed by atoms with E-state index in [1.54, 1.807) is 11.3 Å². The van der Waals surface area contributed by atoms with Crippen molar-refractivity contribution in [3.8, 4) is 0 Å². The number of hydrogen-bond donors (Lipinski definition) is 2. The summed E-state index contributed by atoms with van der Waals surface area (Å²) in [5.74, 6) is 0.648. The summed E-state index contributed by atoms with van der Waals surface area (Å²) in [6.07, 6.45) is 8.19. The van der Waals surface area contributed by atoms with Crippen molar-refractivity contribution in [3.63, 3.8) is 0 Å². The Kier molecular flexibility index (Phi) is 10.5. The smallest absolute Gasteiger partial charge is 0.220 e. The number of aromatic nitrogens is 1. The summed E-state index contributed by atoms with van der Waals surface area (Å²) >= 11 is 1.76. The Morgan fingerprint density at radius 1 is 1.19 bits per heavy atom. The summed E-state index contributed by atoms with van der Waals surface area (Å²) < 4.78 is 1.25. The fourth-order valence-corrected chi connectivity index (χ4v) is 4.56. The van der Waals surface area contributed by atoms with Crippen molar-refractivity contribution in [2.24, 2.45) is 11.7 Å². The second-order valence-electron chi connectivity index (χ2n) is 6.74. The maximum atomic E-state index is 12.2. The Labute approximate surface area is 172 Å². The Morgan fingerprint density at radius 3 is 2.73 bits per heavy atom. The standard InChI is InChI=1S/C19H27N3OS.2ClH/c20-13-14-7-1-2-8-15(14)21-18(23)11-5-6-12-19-22-16-9-3-4-10-17(16)24-19;;/h3-4,9-10,14-15H,1-2,5-8,11-13,20H2,(H,21,23);2*1H. The molecule has 4 nitrogen and oxygen atoms in total. The SMILES string of the molecule is Cl.Cl.NCC1CCCCC1NC(=O)CCCCc1nc2ccccc2s1. The van der Waals surface area contributed by atoms with E-state index >= 15 is 0 Å². The Hall–Kier alpha value is -0.880. The molecule has 1 aliphatic carbocycles. The van der Waals surface area contributed by atoms with Gasteiger partial charge in [-0.1, -0.05) is 25.0 Å². The highest BCUT2D eigenvalue weighted by Crippen LogP contribution is 2.24. The van der Waals surface area contributed by atoms with Crippen molar-refractivity contribution < 1.29 is 4.79 Å². The van der Waals surface area contributed by atoms with E-state index in [1.165, 1.54) is 22.5 Å². The normalized spacial score (nSPS) is 19.4. The fourth-order valence-electron chi connectivity index (χ4n) is 3.55. The number of para-hydroxylation sites is 1. The number of amides is 1. The van der Waals surface area contributed by atoms with Crippen LogP contribution in [0.25, 0.3) is 10.2 Å². The molecule has 3 N–H and O–H groups in total. The third kappa shape index (κ3) is 6.38. The molecule has 1 aromatic heterocycles. The number of halogens is 2. The van der Waals surface area contributed by atoms with E-state index in [-0.39, 0.29) is 30.7 Å². The van der Waals surface area contributed by atoms with Gasteiger partial charge in [-0.15, -0.1) is 36.2 Å². The van der Waals surface area contributed by atoms with Crippen LogP contribution in [0, 0.1) is 5.92 Å². The second kappa shape index (κ2) is 11.8. The van der Waals surface area contributed by atoms with Gasteiger partial charge < -0.3 is 11.1 Å². The molecule has 1 amide bonds. The van der Waals surface area contributed by atoms with Crippen LogP contribution in [0.1, 0.15) is 50.0 Å². The summed E-state index contributed by atoms with van der Waals surface area (Å²) in [5.41, 5.74) is 6.91. The van der Waals surface area contributed by atoms with Crippen LogP contribution in [0.3, 0.4) is 0 Å². The predicted octanol–water partition coefficient (Wildman–Crippen LogP) is 4.49. The van der Waals surface area contributed by atoms with Gasteiger partial charge in [-0.05, 0) is 56.7 Å². The van der Waals surface area contributed by atoms with Gasteiger partial charge in [0.1, 0.15) is 0 Å². The molecule has 0 aliphatic heterocycles. The Balaban J connectivity index is 0.00000169. The van der Waals surface area contributed by atoms with Crippen LogP contribution in [0.4, 0.5) is 0 Å². The van der Waals surface area contributed by atoms with Gasteiger partial charge in [0.25, 0.3) is 0 Å². The van der Waals surface area contributed by atoms with Gasteiger partial charge in [0.15, 0.2) is 0 Å². The van der Waals surface area contributed by atoms with Crippen LogP contribution in [0.2, 0.25) is 0 Å². The van der Waals surface area contributed by atoms with E-state index in [0.717, 1.165) is 37.6 Å². The number of fused-ring (bicyclic) bond motifs is 1. The molecule has 1 aromatic carbocycles. The van der Waals surface area contributed by atoms with Crippen molar-refractivity contribution in [2.45, 2.75) is 57.4 Å². The van der Waals surface area contributed by atoms with Gasteiger partial charge >= 0.3 is 0 Å². The van der Waals surface area contributed by atoms with Gasteiger partial charge in [0, 0.05) is 12.5 Å². The molecule has 1 heterocycles. The first-order chi connectivity index (χ1) is 11.8. The number of rotatable bonds is 7. The van der Waals surface area contributed by atoms with Crippen molar-refractivity contribution in [1.29, 1.82) is 0 Å². The zero-order chi connectivity index (χ0) is 16.8. The molecular formula is C19H29Cl2N3OS. The predicted molar refractivity (Wildman–Crippen MR) is 115 cm³/mol. The maximum absolute atomic E-state index is 12.2. The lowest BCUT2D eigenvalue weighted by atomic mass is 9.84. The van der Waals surface area contributed by atoms with Gasteiger partial charge in [-0.3, -0.25) is 4.79 Å². The summed E-state index contributed by atoms with van der Waals surface area (Å²) in [6, 6.07) is 8.54. The van der Waals surface area contributed by atoms with E-state index < -0.39 is 0 Å². The zero-order valence-electron chi connectivity index (χ0n) is 15.0. The maximum Gasteiger partial charge on any atom is 0.220 e. The average molecular weight is 418 g/mol. The summed E-state index contributed by atoms with van der Waals surface area (Å²) in [4.78, 5) is 16.8. The van der Waals surface area contributed by atoms with Crippen LogP contribution < -0.4 is 11.1 Å². The van der Waals surface area contributed by atoms with Crippen LogP contribution >= 0.6 is 36.2 Å². The number of thiazole rings is 1. The first-order valence-corrected chi connectivity index (χ1v) is 9.92. The van der Waals surface area contributed by atoms with Crippen molar-refractivity contribution >= 4 is 52.3 Å². The molecule has 0 radical (unpaired) electrons. The number of nitrogens with zero attached hydrogens (tertiary/aromatic N) is 1. The minimum Gasteiger partial charge on any atom is -0.353 e. The highest BCUT2D eigenvalue weighted by atomic mass is 35.5. The van der Waals surface area contributed by atoms with E-state index in [4.69, 9.17) is 5.73 Å². The third-order valence-corrected chi connectivity index (χ3v) is 6.04. The summed E-state index contributed by atoms with van der Waals surface area (Å²) in [7, 11) is 0. The molecule has 0 bridgehead atoms. The van der Waals surface area contributed by atoms with Crippen LogP contribution in [0.15, 0.2) is 24.3 Å². The number of aryl methyl sites for hydroxylation is 1. The molecule has 146 valence electrons. The molecule has 1 saturated carbocycles. The van der Waals surface area contributed by atoms with Gasteiger partial charge in [-0.25, -0.2) is 4.98 Å². The molecule has 2 aromatic rings. The molecule has 7 heteroatoms. The minimum atomic E-state index is 0. The molecule has 3 rings (SSSR count). The van der Waals surface area contributed by atoms with Crippen molar-refractivity contribution in [2.75, 3.05) is 6.54 Å². The molecule has 1 fully saturated rings. The number of nitrogens with one attached hydrogen (secondary N) is 1. The fraction of sp³-hybridized carbons (Fsp3) is 0.579. The zero-order valence-corrected chi connectivity index (χ0v) is 17.4. The average Bonchev–Trinajstić information content (AvgIpc) is 3.02. The Bertz CT molecular complexity index is 647. The molecule has 26 heavy (non-hydrogen) atoms. The van der Waals surface area contributed by atoms with E-state index in [2.05, 4.69) is 28.5 Å². The lowest BCUT2D eigenvalue weighted by Gasteiger charge is -2.31. The molecular weight excluding hydrogens is 389 g/mol. The van der Waals surface area contributed by atoms with E-state index in [9.17, 15) is 4.79 Å². The van der Waals surface area contributed by atoms with Crippen molar-refractivity contribution in [1.82, 2.24) is 10.3 Å². The quantitative estimate of drug-likeness (QED) is 0.652. The van der Waals surface area contributed by atoms with Crippen LogP contribution in [-0.2, 0) is 11.2 Å². The molecule has 1 aliphatic rings. The number of nitrogens with two attached hydrogens (primary N) is 1.